The number of imidazole rings is 1. The Kier molecular flexibility index (Phi) is 5.44. The fraction of sp³-hybridized carbons (Fsp3) is 0.211. The summed E-state index contributed by atoms with van der Waals surface area (Å²) in [4.78, 5) is 40.6. The van der Waals surface area contributed by atoms with E-state index < -0.39 is 17.2 Å². The molecule has 0 spiro atoms. The highest BCUT2D eigenvalue weighted by atomic mass is 16.3. The van der Waals surface area contributed by atoms with Gasteiger partial charge >= 0.3 is 5.69 Å². The zero-order valence-corrected chi connectivity index (χ0v) is 16.0. The Bertz CT molecular complexity index is 1250. The first-order chi connectivity index (χ1) is 13.8. The number of fused-ring (bicyclic) bond motifs is 1. The molecule has 0 bridgehead atoms. The number of aryl methyl sites for hydroxylation is 1. The standard InChI is InChI=1S/C19H20N6O4/c1-4-6-12-7-5-8-13(16(12)27)9-21-22-14(26)10-25-11-20-17-15(25)18(28)24(3)19(29)23(17)2/h4-5,7-9,11,27H,1,6,10H2,2-3H3,(H,22,26)/b21-9-. The van der Waals surface area contributed by atoms with E-state index in [-0.39, 0.29) is 23.5 Å². The molecule has 2 N–H and O–H groups in total. The highest BCUT2D eigenvalue weighted by Gasteiger charge is 2.15. The Hall–Kier alpha value is -3.95. The van der Waals surface area contributed by atoms with Gasteiger partial charge in [0, 0.05) is 19.7 Å². The van der Waals surface area contributed by atoms with Crippen LogP contribution in [0.25, 0.3) is 11.2 Å². The topological polar surface area (TPSA) is 124 Å². The molecule has 2 heterocycles. The van der Waals surface area contributed by atoms with E-state index in [0.29, 0.717) is 17.5 Å². The fourth-order valence-corrected chi connectivity index (χ4v) is 2.92. The average molecular weight is 396 g/mol. The number of phenols is 1. The molecule has 0 aliphatic rings. The molecule has 150 valence electrons. The van der Waals surface area contributed by atoms with Gasteiger partial charge in [-0.15, -0.1) is 6.58 Å². The molecular weight excluding hydrogens is 376 g/mol. The lowest BCUT2D eigenvalue weighted by atomic mass is 10.1. The molecule has 0 radical (unpaired) electrons. The maximum atomic E-state index is 12.4. The van der Waals surface area contributed by atoms with E-state index >= 15 is 0 Å². The number of hydrogen-bond donors (Lipinski definition) is 2. The molecule has 10 heteroatoms. The van der Waals surface area contributed by atoms with Crippen molar-refractivity contribution in [3.63, 3.8) is 0 Å². The number of nitrogens with one attached hydrogen (secondary N) is 1. The number of aromatic nitrogens is 4. The summed E-state index contributed by atoms with van der Waals surface area (Å²) < 4.78 is 3.54. The normalized spacial score (nSPS) is 11.2. The lowest BCUT2D eigenvalue weighted by Gasteiger charge is -2.06. The number of hydrogen-bond acceptors (Lipinski definition) is 6. The summed E-state index contributed by atoms with van der Waals surface area (Å²) in [6.07, 6.45) is 4.83. The van der Waals surface area contributed by atoms with E-state index in [0.717, 1.165) is 4.57 Å². The van der Waals surface area contributed by atoms with Gasteiger partial charge in [-0.3, -0.25) is 18.7 Å². The van der Waals surface area contributed by atoms with Crippen molar-refractivity contribution >= 4 is 23.3 Å². The zero-order valence-electron chi connectivity index (χ0n) is 16.0. The lowest BCUT2D eigenvalue weighted by Crippen LogP contribution is -2.38. The van der Waals surface area contributed by atoms with Crippen LogP contribution in [0.2, 0.25) is 0 Å². The Morgan fingerprint density at radius 1 is 1.31 bits per heavy atom. The van der Waals surface area contributed by atoms with Crippen LogP contribution in [-0.4, -0.2) is 35.9 Å². The number of amides is 1. The lowest BCUT2D eigenvalue weighted by molar-refractivity contribution is -0.121. The molecule has 1 aromatic carbocycles. The molecule has 29 heavy (non-hydrogen) atoms. The number of rotatable bonds is 6. The second-order valence-electron chi connectivity index (χ2n) is 6.39. The largest absolute Gasteiger partial charge is 0.507 e. The number of carbonyl (C=O) groups is 1. The number of benzene rings is 1. The molecule has 0 aliphatic heterocycles. The number of allylic oxidation sites excluding steroid dienone is 1. The predicted molar refractivity (Wildman–Crippen MR) is 108 cm³/mol. The highest BCUT2D eigenvalue weighted by Crippen LogP contribution is 2.21. The van der Waals surface area contributed by atoms with Gasteiger partial charge in [0.05, 0.1) is 12.5 Å². The summed E-state index contributed by atoms with van der Waals surface area (Å²) in [7, 11) is 2.86. The maximum absolute atomic E-state index is 12.4. The van der Waals surface area contributed by atoms with Gasteiger partial charge in [-0.25, -0.2) is 15.2 Å². The molecular formula is C19H20N6O4. The van der Waals surface area contributed by atoms with Crippen molar-refractivity contribution in [2.75, 3.05) is 0 Å². The third-order valence-corrected chi connectivity index (χ3v) is 4.44. The van der Waals surface area contributed by atoms with Gasteiger partial charge in [-0.05, 0) is 18.1 Å². The third kappa shape index (κ3) is 3.72. The van der Waals surface area contributed by atoms with Gasteiger partial charge in [-0.1, -0.05) is 18.2 Å². The van der Waals surface area contributed by atoms with Gasteiger partial charge < -0.3 is 9.67 Å². The van der Waals surface area contributed by atoms with Crippen molar-refractivity contribution in [3.8, 4) is 5.75 Å². The van der Waals surface area contributed by atoms with Crippen LogP contribution in [0.1, 0.15) is 11.1 Å². The number of carbonyl (C=O) groups excluding carboxylic acids is 1. The van der Waals surface area contributed by atoms with E-state index in [1.54, 1.807) is 24.3 Å². The van der Waals surface area contributed by atoms with Gasteiger partial charge in [0.2, 0.25) is 0 Å². The Morgan fingerprint density at radius 2 is 2.07 bits per heavy atom. The van der Waals surface area contributed by atoms with Crippen molar-refractivity contribution in [2.45, 2.75) is 13.0 Å². The van der Waals surface area contributed by atoms with Crippen LogP contribution in [0, 0.1) is 0 Å². The molecule has 3 aromatic rings. The van der Waals surface area contributed by atoms with Crippen LogP contribution in [0.4, 0.5) is 0 Å². The van der Waals surface area contributed by atoms with Crippen LogP contribution in [-0.2, 0) is 31.9 Å². The van der Waals surface area contributed by atoms with Crippen molar-refractivity contribution in [3.05, 3.63) is 69.1 Å². The van der Waals surface area contributed by atoms with E-state index in [4.69, 9.17) is 0 Å². The minimum absolute atomic E-state index is 0.0652. The quantitative estimate of drug-likeness (QED) is 0.345. The van der Waals surface area contributed by atoms with Crippen LogP contribution in [0.5, 0.6) is 5.75 Å². The smallest absolute Gasteiger partial charge is 0.332 e. The molecule has 2 aromatic heterocycles. The van der Waals surface area contributed by atoms with Crippen LogP contribution in [0.3, 0.4) is 0 Å². The van der Waals surface area contributed by atoms with Gasteiger partial charge in [0.15, 0.2) is 11.2 Å². The van der Waals surface area contributed by atoms with Crippen molar-refractivity contribution in [2.24, 2.45) is 19.2 Å². The average Bonchev–Trinajstić information content (AvgIpc) is 3.11. The van der Waals surface area contributed by atoms with Crippen LogP contribution < -0.4 is 16.7 Å². The molecule has 0 fully saturated rings. The monoisotopic (exact) mass is 396 g/mol. The summed E-state index contributed by atoms with van der Waals surface area (Å²) in [5, 5.41) is 14.0. The molecule has 1 amide bonds. The number of aromatic hydroxyl groups is 1. The third-order valence-electron chi connectivity index (χ3n) is 4.44. The van der Waals surface area contributed by atoms with Gasteiger partial charge in [0.25, 0.3) is 11.5 Å². The SMILES string of the molecule is C=CCc1cccc(/C=N\NC(=O)Cn2cnc3c2c(=O)n(C)c(=O)n3C)c1O. The Balaban J connectivity index is 1.78. The van der Waals surface area contributed by atoms with E-state index in [1.165, 1.54) is 35.8 Å². The van der Waals surface area contributed by atoms with E-state index in [2.05, 4.69) is 22.1 Å². The Morgan fingerprint density at radius 3 is 2.79 bits per heavy atom. The first kappa shape index (κ1) is 19.8. The fourth-order valence-electron chi connectivity index (χ4n) is 2.92. The minimum Gasteiger partial charge on any atom is -0.507 e. The van der Waals surface area contributed by atoms with Crippen molar-refractivity contribution in [1.29, 1.82) is 0 Å². The molecule has 0 aliphatic carbocycles. The summed E-state index contributed by atoms with van der Waals surface area (Å²) in [5.74, 6) is -0.436. The zero-order chi connectivity index (χ0) is 21.1. The molecule has 0 saturated heterocycles. The van der Waals surface area contributed by atoms with Gasteiger partial charge in [-0.2, -0.15) is 5.10 Å². The summed E-state index contributed by atoms with van der Waals surface area (Å²) in [6.45, 7) is 3.42. The number of para-hydroxylation sites is 1. The summed E-state index contributed by atoms with van der Waals surface area (Å²) in [6, 6.07) is 5.19. The van der Waals surface area contributed by atoms with Crippen LogP contribution >= 0.6 is 0 Å². The minimum atomic E-state index is -0.541. The summed E-state index contributed by atoms with van der Waals surface area (Å²) >= 11 is 0. The maximum Gasteiger partial charge on any atom is 0.332 e. The van der Waals surface area contributed by atoms with Crippen molar-refractivity contribution < 1.29 is 9.90 Å². The second kappa shape index (κ2) is 7.97. The van der Waals surface area contributed by atoms with E-state index in [9.17, 15) is 19.5 Å². The highest BCUT2D eigenvalue weighted by molar-refractivity contribution is 5.86. The molecule has 0 saturated carbocycles. The Labute approximate surface area is 165 Å². The number of nitrogens with zero attached hydrogens (tertiary/aromatic N) is 5. The molecule has 0 atom stereocenters. The predicted octanol–water partition coefficient (Wildman–Crippen LogP) is 0.0181. The number of hydrazone groups is 1. The second-order valence-corrected chi connectivity index (χ2v) is 6.39. The summed E-state index contributed by atoms with van der Waals surface area (Å²) in [5.41, 5.74) is 2.78. The van der Waals surface area contributed by atoms with Crippen LogP contribution in [0.15, 0.2) is 51.9 Å². The van der Waals surface area contributed by atoms with E-state index in [1.807, 2.05) is 0 Å². The first-order valence-corrected chi connectivity index (χ1v) is 8.69. The number of phenolic OH excluding ortho intramolecular Hbond substituents is 1. The molecule has 3 rings (SSSR count). The van der Waals surface area contributed by atoms with Gasteiger partial charge in [0.1, 0.15) is 12.3 Å². The first-order valence-electron chi connectivity index (χ1n) is 8.69. The van der Waals surface area contributed by atoms with Crippen molar-refractivity contribution in [1.82, 2.24) is 24.1 Å². The molecule has 0 unspecified atom stereocenters. The molecule has 10 nitrogen and oxygen atoms in total.